The van der Waals surface area contributed by atoms with Gasteiger partial charge in [0.2, 0.25) is 0 Å². The van der Waals surface area contributed by atoms with Crippen molar-refractivity contribution in [3.05, 3.63) is 53.1 Å². The van der Waals surface area contributed by atoms with Gasteiger partial charge in [0, 0.05) is 16.5 Å². The van der Waals surface area contributed by atoms with Crippen LogP contribution in [-0.4, -0.2) is 27.3 Å². The summed E-state index contributed by atoms with van der Waals surface area (Å²) in [6, 6.07) is 11.1. The van der Waals surface area contributed by atoms with Crippen molar-refractivity contribution in [2.45, 2.75) is 0 Å². The van der Waals surface area contributed by atoms with Crippen LogP contribution >= 0.6 is 0 Å². The van der Waals surface area contributed by atoms with E-state index < -0.39 is 5.76 Å². The molecule has 0 saturated heterocycles. The van der Waals surface area contributed by atoms with Crippen molar-refractivity contribution in [2.75, 3.05) is 12.4 Å². The van der Waals surface area contributed by atoms with Gasteiger partial charge in [0.05, 0.1) is 24.3 Å². The minimum absolute atomic E-state index is 0.481. The Morgan fingerprint density at radius 2 is 2.08 bits per heavy atom. The molecule has 128 valence electrons. The Kier molecular flexibility index (Phi) is 2.99. The number of nitrogens with one attached hydrogen (secondary N) is 3. The van der Waals surface area contributed by atoms with Crippen LogP contribution in [0.1, 0.15) is 0 Å². The van der Waals surface area contributed by atoms with E-state index in [0.717, 1.165) is 33.2 Å². The Labute approximate surface area is 145 Å². The zero-order valence-corrected chi connectivity index (χ0v) is 13.7. The van der Waals surface area contributed by atoms with Crippen LogP contribution < -0.4 is 15.8 Å². The SMILES string of the molecule is COc1ccc2nc(Nc3ccc4oc(=O)[nH]c4c3)c3[nH]ncc3c2c1. The number of hydrogen-bond donors (Lipinski definition) is 3. The third-order valence-electron chi connectivity index (χ3n) is 4.28. The summed E-state index contributed by atoms with van der Waals surface area (Å²) in [5.41, 5.74) is 3.49. The third kappa shape index (κ3) is 2.20. The molecule has 8 nitrogen and oxygen atoms in total. The molecular formula is C18H13N5O3. The summed E-state index contributed by atoms with van der Waals surface area (Å²) in [5.74, 6) is 0.920. The molecule has 0 fully saturated rings. The molecule has 8 heteroatoms. The van der Waals surface area contributed by atoms with E-state index in [1.54, 1.807) is 25.4 Å². The Hall–Kier alpha value is -3.81. The van der Waals surface area contributed by atoms with Gasteiger partial charge in [-0.2, -0.15) is 5.10 Å². The van der Waals surface area contributed by atoms with Crippen LogP contribution in [0.3, 0.4) is 0 Å². The fourth-order valence-electron chi connectivity index (χ4n) is 3.06. The predicted octanol–water partition coefficient (Wildman–Crippen LogP) is 3.30. The molecule has 2 aromatic carbocycles. The zero-order valence-electron chi connectivity index (χ0n) is 13.7. The molecule has 0 saturated carbocycles. The van der Waals surface area contributed by atoms with E-state index >= 15 is 0 Å². The number of anilines is 2. The number of aromatic amines is 2. The Morgan fingerprint density at radius 3 is 2.96 bits per heavy atom. The summed E-state index contributed by atoms with van der Waals surface area (Å²) >= 11 is 0. The van der Waals surface area contributed by atoms with E-state index in [-0.39, 0.29) is 0 Å². The minimum atomic E-state index is -0.481. The highest BCUT2D eigenvalue weighted by atomic mass is 16.5. The first-order valence-electron chi connectivity index (χ1n) is 7.92. The number of hydrogen-bond acceptors (Lipinski definition) is 6. The highest BCUT2D eigenvalue weighted by Gasteiger charge is 2.12. The Morgan fingerprint density at radius 1 is 1.15 bits per heavy atom. The number of pyridine rings is 1. The van der Waals surface area contributed by atoms with Gasteiger partial charge >= 0.3 is 5.76 Å². The lowest BCUT2D eigenvalue weighted by Gasteiger charge is -2.09. The molecular weight excluding hydrogens is 334 g/mol. The maximum atomic E-state index is 11.3. The average molecular weight is 347 g/mol. The molecule has 0 aliphatic rings. The Bertz CT molecular complexity index is 1330. The number of ether oxygens (including phenoxy) is 1. The molecule has 3 aromatic heterocycles. The molecule has 5 rings (SSSR count). The molecule has 26 heavy (non-hydrogen) atoms. The van der Waals surface area contributed by atoms with Crippen LogP contribution in [0.4, 0.5) is 11.5 Å². The molecule has 0 radical (unpaired) electrons. The van der Waals surface area contributed by atoms with Crippen molar-refractivity contribution in [2.24, 2.45) is 0 Å². The number of methoxy groups -OCH3 is 1. The first kappa shape index (κ1) is 14.5. The number of benzene rings is 2. The number of rotatable bonds is 3. The van der Waals surface area contributed by atoms with Crippen molar-refractivity contribution >= 4 is 44.4 Å². The van der Waals surface area contributed by atoms with Crippen LogP contribution in [-0.2, 0) is 0 Å². The summed E-state index contributed by atoms with van der Waals surface area (Å²) in [4.78, 5) is 18.7. The summed E-state index contributed by atoms with van der Waals surface area (Å²) < 4.78 is 10.3. The van der Waals surface area contributed by atoms with Crippen molar-refractivity contribution in [3.63, 3.8) is 0 Å². The number of fused-ring (bicyclic) bond motifs is 4. The second kappa shape index (κ2) is 5.35. The van der Waals surface area contributed by atoms with Gasteiger partial charge in [-0.3, -0.25) is 10.1 Å². The number of oxazole rings is 1. The summed E-state index contributed by atoms with van der Waals surface area (Å²) in [5, 5.41) is 12.3. The molecule has 5 aromatic rings. The van der Waals surface area contributed by atoms with Crippen molar-refractivity contribution < 1.29 is 9.15 Å². The van der Waals surface area contributed by atoms with E-state index in [9.17, 15) is 4.79 Å². The van der Waals surface area contributed by atoms with E-state index in [2.05, 4.69) is 20.5 Å². The summed E-state index contributed by atoms with van der Waals surface area (Å²) in [6.45, 7) is 0. The van der Waals surface area contributed by atoms with Crippen LogP contribution in [0.15, 0.2) is 51.8 Å². The van der Waals surface area contributed by atoms with Gasteiger partial charge in [-0.15, -0.1) is 0 Å². The van der Waals surface area contributed by atoms with Gasteiger partial charge in [-0.1, -0.05) is 0 Å². The second-order valence-corrected chi connectivity index (χ2v) is 5.85. The van der Waals surface area contributed by atoms with Crippen molar-refractivity contribution in [1.29, 1.82) is 0 Å². The van der Waals surface area contributed by atoms with Crippen molar-refractivity contribution in [3.8, 4) is 5.75 Å². The lowest BCUT2D eigenvalue weighted by Crippen LogP contribution is -1.96. The highest BCUT2D eigenvalue weighted by Crippen LogP contribution is 2.32. The maximum Gasteiger partial charge on any atom is 0.417 e. The molecule has 3 N–H and O–H groups in total. The van der Waals surface area contributed by atoms with Crippen LogP contribution in [0.2, 0.25) is 0 Å². The van der Waals surface area contributed by atoms with Gasteiger partial charge in [-0.25, -0.2) is 9.78 Å². The van der Waals surface area contributed by atoms with Gasteiger partial charge in [0.15, 0.2) is 11.4 Å². The second-order valence-electron chi connectivity index (χ2n) is 5.85. The monoisotopic (exact) mass is 347 g/mol. The van der Waals surface area contributed by atoms with E-state index in [1.807, 2.05) is 24.3 Å². The number of aromatic nitrogens is 4. The maximum absolute atomic E-state index is 11.3. The highest BCUT2D eigenvalue weighted by molar-refractivity contribution is 6.09. The molecule has 0 aliphatic carbocycles. The first-order chi connectivity index (χ1) is 12.7. The number of H-pyrrole nitrogens is 2. The fraction of sp³-hybridized carbons (Fsp3) is 0.0556. The first-order valence-corrected chi connectivity index (χ1v) is 7.92. The minimum Gasteiger partial charge on any atom is -0.497 e. The van der Waals surface area contributed by atoms with Gasteiger partial charge in [0.25, 0.3) is 0 Å². The summed E-state index contributed by atoms with van der Waals surface area (Å²) in [7, 11) is 1.63. The fourth-order valence-corrected chi connectivity index (χ4v) is 3.06. The van der Waals surface area contributed by atoms with Gasteiger partial charge < -0.3 is 14.5 Å². The largest absolute Gasteiger partial charge is 0.497 e. The lowest BCUT2D eigenvalue weighted by molar-refractivity contribution is 0.415. The van der Waals surface area contributed by atoms with E-state index in [4.69, 9.17) is 14.1 Å². The van der Waals surface area contributed by atoms with Crippen LogP contribution in [0.5, 0.6) is 5.75 Å². The van der Waals surface area contributed by atoms with Gasteiger partial charge in [-0.05, 0) is 36.4 Å². The predicted molar refractivity (Wildman–Crippen MR) is 98.1 cm³/mol. The lowest BCUT2D eigenvalue weighted by atomic mass is 10.1. The van der Waals surface area contributed by atoms with Gasteiger partial charge in [0.1, 0.15) is 11.3 Å². The van der Waals surface area contributed by atoms with E-state index in [0.29, 0.717) is 16.9 Å². The molecule has 3 heterocycles. The number of nitrogens with zero attached hydrogens (tertiary/aromatic N) is 2. The molecule has 0 atom stereocenters. The Balaban J connectivity index is 1.66. The topological polar surface area (TPSA) is 109 Å². The third-order valence-corrected chi connectivity index (χ3v) is 4.28. The molecule has 0 amide bonds. The molecule has 0 spiro atoms. The quantitative estimate of drug-likeness (QED) is 0.462. The average Bonchev–Trinajstić information content (AvgIpc) is 3.27. The normalized spacial score (nSPS) is 11.4. The molecule has 0 aliphatic heterocycles. The molecule has 0 bridgehead atoms. The zero-order chi connectivity index (χ0) is 17.7. The van der Waals surface area contributed by atoms with Crippen molar-refractivity contribution in [1.82, 2.24) is 20.2 Å². The standard InChI is InChI=1S/C18H13N5O3/c1-25-10-3-4-13-11(7-10)12-8-19-23-16(12)17(21-13)20-9-2-5-15-14(6-9)22-18(24)26-15/h2-8H,1H3,(H,19,23)(H,20,21)(H,22,24). The smallest absolute Gasteiger partial charge is 0.417 e. The van der Waals surface area contributed by atoms with E-state index in [1.165, 1.54) is 0 Å². The summed E-state index contributed by atoms with van der Waals surface area (Å²) in [6.07, 6.45) is 1.76. The van der Waals surface area contributed by atoms with Crippen LogP contribution in [0.25, 0.3) is 32.9 Å². The van der Waals surface area contributed by atoms with Crippen LogP contribution in [0, 0.1) is 0 Å². The molecule has 0 unspecified atom stereocenters.